The van der Waals surface area contributed by atoms with Crippen LogP contribution in [0.3, 0.4) is 0 Å². The zero-order chi connectivity index (χ0) is 16.7. The molecule has 1 atom stereocenters. The smallest absolute Gasteiger partial charge is 0.248 e. The Kier molecular flexibility index (Phi) is 7.30. The van der Waals surface area contributed by atoms with E-state index in [-0.39, 0.29) is 18.6 Å². The van der Waals surface area contributed by atoms with Crippen LogP contribution in [0.5, 0.6) is 0 Å². The van der Waals surface area contributed by atoms with E-state index < -0.39 is 0 Å². The van der Waals surface area contributed by atoms with Crippen LogP contribution >= 0.6 is 11.6 Å². The van der Waals surface area contributed by atoms with Crippen LogP contribution in [0.4, 0.5) is 0 Å². The number of hydrogen-bond acceptors (Lipinski definition) is 4. The molecule has 23 heavy (non-hydrogen) atoms. The van der Waals surface area contributed by atoms with Gasteiger partial charge in [0.15, 0.2) is 0 Å². The Bertz CT molecular complexity index is 504. The summed E-state index contributed by atoms with van der Waals surface area (Å²) in [6.07, 6.45) is 0.478. The summed E-state index contributed by atoms with van der Waals surface area (Å²) < 4.78 is 5.50. The van der Waals surface area contributed by atoms with Gasteiger partial charge < -0.3 is 14.7 Å². The molecule has 128 valence electrons. The van der Waals surface area contributed by atoms with E-state index in [1.807, 2.05) is 36.1 Å². The molecule has 1 unspecified atom stereocenters. The summed E-state index contributed by atoms with van der Waals surface area (Å²) in [6, 6.07) is 7.47. The second kappa shape index (κ2) is 9.23. The fourth-order valence-corrected chi connectivity index (χ4v) is 2.75. The molecule has 1 aromatic carbocycles. The molecule has 1 saturated heterocycles. The third-order valence-corrected chi connectivity index (χ3v) is 4.47. The zero-order valence-electron chi connectivity index (χ0n) is 13.6. The van der Waals surface area contributed by atoms with Crippen molar-refractivity contribution in [1.82, 2.24) is 9.80 Å². The number of aliphatic hydroxyl groups excluding tert-OH is 1. The van der Waals surface area contributed by atoms with E-state index >= 15 is 0 Å². The van der Waals surface area contributed by atoms with Crippen molar-refractivity contribution in [2.24, 2.45) is 0 Å². The third-order valence-electron chi connectivity index (χ3n) is 4.11. The van der Waals surface area contributed by atoms with Crippen molar-refractivity contribution in [3.05, 3.63) is 34.9 Å². The highest BCUT2D eigenvalue weighted by atomic mass is 35.5. The number of carbonyl (C=O) groups is 1. The Balaban J connectivity index is 1.68. The van der Waals surface area contributed by atoms with Crippen LogP contribution in [0.15, 0.2) is 24.3 Å². The lowest BCUT2D eigenvalue weighted by Crippen LogP contribution is -2.51. The van der Waals surface area contributed by atoms with Gasteiger partial charge in [-0.3, -0.25) is 9.69 Å². The normalized spacial score (nSPS) is 17.3. The first kappa shape index (κ1) is 18.2. The molecule has 0 spiro atoms. The Morgan fingerprint density at radius 1 is 1.30 bits per heavy atom. The maximum Gasteiger partial charge on any atom is 0.248 e. The molecular weight excluding hydrogens is 316 g/mol. The number of nitrogens with zero attached hydrogens (tertiary/aromatic N) is 2. The summed E-state index contributed by atoms with van der Waals surface area (Å²) in [5.74, 6) is 0.00717. The highest BCUT2D eigenvalue weighted by molar-refractivity contribution is 6.31. The number of β-amino-alcohol motifs (C(OH)–C–C–N with tert-alkyl or cyclic N) is 1. The maximum absolute atomic E-state index is 12.2. The number of carbonyl (C=O) groups excluding carboxylic acids is 1. The van der Waals surface area contributed by atoms with Crippen molar-refractivity contribution < 1.29 is 14.6 Å². The third kappa shape index (κ3) is 5.77. The van der Waals surface area contributed by atoms with Crippen molar-refractivity contribution in [2.45, 2.75) is 26.1 Å². The quantitative estimate of drug-likeness (QED) is 0.822. The lowest BCUT2D eigenvalue weighted by atomic mass is 10.2. The van der Waals surface area contributed by atoms with Crippen molar-refractivity contribution in [1.29, 1.82) is 0 Å². The largest absolute Gasteiger partial charge is 0.392 e. The van der Waals surface area contributed by atoms with Gasteiger partial charge in [-0.05, 0) is 18.1 Å². The predicted molar refractivity (Wildman–Crippen MR) is 90.4 cm³/mol. The highest BCUT2D eigenvalue weighted by Crippen LogP contribution is 2.15. The van der Waals surface area contributed by atoms with Crippen molar-refractivity contribution in [3.8, 4) is 0 Å². The van der Waals surface area contributed by atoms with Gasteiger partial charge in [0.05, 0.1) is 12.7 Å². The van der Waals surface area contributed by atoms with Crippen molar-refractivity contribution in [3.63, 3.8) is 0 Å². The molecule has 1 heterocycles. The summed E-state index contributed by atoms with van der Waals surface area (Å²) in [5, 5.41) is 10.3. The molecular formula is C17H25ClN2O3. The molecule has 0 bridgehead atoms. The SMILES string of the molecule is CCC(O)CN1CCN(C(=O)COCc2ccccc2Cl)CC1. The summed E-state index contributed by atoms with van der Waals surface area (Å²) in [5.41, 5.74) is 0.889. The molecule has 1 N–H and O–H groups in total. The van der Waals surface area contributed by atoms with Gasteiger partial charge in [-0.1, -0.05) is 36.7 Å². The Labute approximate surface area is 142 Å². The summed E-state index contributed by atoms with van der Waals surface area (Å²) >= 11 is 6.06. The topological polar surface area (TPSA) is 53.0 Å². The van der Waals surface area contributed by atoms with Crippen LogP contribution in [-0.4, -0.2) is 66.2 Å². The maximum atomic E-state index is 12.2. The Hall–Kier alpha value is -1.14. The fourth-order valence-electron chi connectivity index (χ4n) is 2.56. The van der Waals surface area contributed by atoms with Crippen LogP contribution in [0.25, 0.3) is 0 Å². The molecule has 0 aliphatic carbocycles. The van der Waals surface area contributed by atoms with Gasteiger partial charge in [0, 0.05) is 37.7 Å². The number of halogens is 1. The molecule has 0 aromatic heterocycles. The molecule has 0 saturated carbocycles. The van der Waals surface area contributed by atoms with E-state index in [1.54, 1.807) is 0 Å². The van der Waals surface area contributed by atoms with E-state index in [2.05, 4.69) is 4.90 Å². The number of ether oxygens (including phenoxy) is 1. The van der Waals surface area contributed by atoms with E-state index in [0.717, 1.165) is 25.1 Å². The summed E-state index contributed by atoms with van der Waals surface area (Å²) in [6.45, 7) is 6.04. The monoisotopic (exact) mass is 340 g/mol. The molecule has 1 amide bonds. The highest BCUT2D eigenvalue weighted by Gasteiger charge is 2.22. The Morgan fingerprint density at radius 2 is 2.00 bits per heavy atom. The van der Waals surface area contributed by atoms with Crippen LogP contribution in [0.2, 0.25) is 5.02 Å². The van der Waals surface area contributed by atoms with Gasteiger partial charge in [0.2, 0.25) is 5.91 Å². The molecule has 2 rings (SSSR count). The van der Waals surface area contributed by atoms with E-state index in [4.69, 9.17) is 16.3 Å². The lowest BCUT2D eigenvalue weighted by molar-refractivity contribution is -0.138. The minimum atomic E-state index is -0.281. The van der Waals surface area contributed by atoms with Gasteiger partial charge in [-0.2, -0.15) is 0 Å². The van der Waals surface area contributed by atoms with Gasteiger partial charge in [-0.15, -0.1) is 0 Å². The van der Waals surface area contributed by atoms with Gasteiger partial charge >= 0.3 is 0 Å². The first-order chi connectivity index (χ1) is 11.1. The van der Waals surface area contributed by atoms with Gasteiger partial charge in [0.25, 0.3) is 0 Å². The molecule has 1 aliphatic rings. The van der Waals surface area contributed by atoms with Crippen molar-refractivity contribution in [2.75, 3.05) is 39.3 Å². The van der Waals surface area contributed by atoms with E-state index in [0.29, 0.717) is 31.3 Å². The van der Waals surface area contributed by atoms with Crippen LogP contribution < -0.4 is 0 Å². The van der Waals surface area contributed by atoms with Gasteiger partial charge in [0.1, 0.15) is 6.61 Å². The standard InChI is InChI=1S/C17H25ClN2O3/c1-2-15(21)11-19-7-9-20(10-8-19)17(22)13-23-12-14-5-3-4-6-16(14)18/h3-6,15,21H,2,7-13H2,1H3. The van der Waals surface area contributed by atoms with E-state index in [1.165, 1.54) is 0 Å². The van der Waals surface area contributed by atoms with Crippen molar-refractivity contribution >= 4 is 17.5 Å². The van der Waals surface area contributed by atoms with Gasteiger partial charge in [-0.25, -0.2) is 0 Å². The number of amides is 1. The van der Waals surface area contributed by atoms with E-state index in [9.17, 15) is 9.90 Å². The molecule has 6 heteroatoms. The Morgan fingerprint density at radius 3 is 2.65 bits per heavy atom. The second-order valence-corrected chi connectivity index (χ2v) is 6.23. The lowest BCUT2D eigenvalue weighted by Gasteiger charge is -2.35. The summed E-state index contributed by atoms with van der Waals surface area (Å²) in [4.78, 5) is 16.2. The average molecular weight is 341 g/mol. The number of rotatable bonds is 7. The molecule has 0 radical (unpaired) electrons. The first-order valence-electron chi connectivity index (χ1n) is 8.09. The fraction of sp³-hybridized carbons (Fsp3) is 0.588. The van der Waals surface area contributed by atoms with Crippen LogP contribution in [-0.2, 0) is 16.1 Å². The number of hydrogen-bond donors (Lipinski definition) is 1. The molecule has 1 fully saturated rings. The summed E-state index contributed by atoms with van der Waals surface area (Å²) in [7, 11) is 0. The first-order valence-corrected chi connectivity index (χ1v) is 8.47. The van der Waals surface area contributed by atoms with Crippen LogP contribution in [0.1, 0.15) is 18.9 Å². The number of benzene rings is 1. The minimum absolute atomic E-state index is 0.00717. The van der Waals surface area contributed by atoms with Crippen LogP contribution in [0, 0.1) is 0 Å². The molecule has 5 nitrogen and oxygen atoms in total. The molecule has 1 aliphatic heterocycles. The average Bonchev–Trinajstić information content (AvgIpc) is 2.57. The minimum Gasteiger partial charge on any atom is -0.392 e. The number of aliphatic hydroxyl groups is 1. The number of piperazine rings is 1. The second-order valence-electron chi connectivity index (χ2n) is 5.83. The zero-order valence-corrected chi connectivity index (χ0v) is 14.3. The molecule has 1 aromatic rings. The predicted octanol–water partition coefficient (Wildman–Crippen LogP) is 1.77.